The first-order valence-corrected chi connectivity index (χ1v) is 6.39. The number of rotatable bonds is 5. The zero-order chi connectivity index (χ0) is 14.5. The highest BCUT2D eigenvalue weighted by atomic mass is 35.5. The lowest BCUT2D eigenvalue weighted by Gasteiger charge is -2.03. The van der Waals surface area contributed by atoms with Gasteiger partial charge in [0, 0.05) is 17.6 Å². The number of nitrogens with two attached hydrogens (primary N) is 1. The Morgan fingerprint density at radius 3 is 2.60 bits per heavy atom. The summed E-state index contributed by atoms with van der Waals surface area (Å²) in [5.74, 6) is -0.352. The molecule has 0 atom stereocenters. The summed E-state index contributed by atoms with van der Waals surface area (Å²) in [4.78, 5) is 22.7. The number of hydrogen-bond donors (Lipinski definition) is 2. The van der Waals surface area contributed by atoms with Crippen molar-refractivity contribution in [3.8, 4) is 0 Å². The maximum atomic E-state index is 12.0. The largest absolute Gasteiger partial charge is 0.368 e. The predicted octanol–water partition coefficient (Wildman–Crippen LogP) is 1.36. The molecule has 2 aromatic rings. The van der Waals surface area contributed by atoms with Crippen LogP contribution in [0.15, 0.2) is 36.7 Å². The summed E-state index contributed by atoms with van der Waals surface area (Å²) in [6.45, 7) is -0.0275. The van der Waals surface area contributed by atoms with Crippen LogP contribution in [0, 0.1) is 0 Å². The van der Waals surface area contributed by atoms with E-state index in [9.17, 15) is 9.59 Å². The van der Waals surface area contributed by atoms with Crippen LogP contribution in [0.1, 0.15) is 15.9 Å². The van der Waals surface area contributed by atoms with Crippen molar-refractivity contribution < 1.29 is 9.59 Å². The molecule has 2 rings (SSSR count). The van der Waals surface area contributed by atoms with Gasteiger partial charge in [0.15, 0.2) is 0 Å². The minimum Gasteiger partial charge on any atom is -0.368 e. The van der Waals surface area contributed by atoms with Crippen molar-refractivity contribution >= 4 is 29.1 Å². The molecular weight excluding hydrogens is 280 g/mol. The molecule has 3 N–H and O–H groups in total. The van der Waals surface area contributed by atoms with Crippen LogP contribution >= 0.6 is 11.6 Å². The van der Waals surface area contributed by atoms with Crippen molar-refractivity contribution in [3.63, 3.8) is 0 Å². The predicted molar refractivity (Wildman–Crippen MR) is 75.4 cm³/mol. The third-order valence-corrected chi connectivity index (χ3v) is 2.89. The summed E-state index contributed by atoms with van der Waals surface area (Å²) in [5.41, 5.74) is 7.01. The topological polar surface area (TPSA) is 90.0 Å². The Kier molecular flexibility index (Phi) is 4.37. The van der Waals surface area contributed by atoms with Crippen molar-refractivity contribution in [2.75, 3.05) is 5.32 Å². The quantitative estimate of drug-likeness (QED) is 0.815. The standard InChI is InChI=1S/C13H13ClN4O2/c14-5-9-1-3-10(4-2-9)13(20)17-11-6-16-18(7-11)8-12(15)19/h1-4,6-7H,5,8H2,(H2,15,19)(H,17,20). The number of anilines is 1. The summed E-state index contributed by atoms with van der Waals surface area (Å²) >= 11 is 5.68. The number of halogens is 1. The van der Waals surface area contributed by atoms with E-state index in [0.717, 1.165) is 5.56 Å². The molecule has 0 unspecified atom stereocenters. The Hall–Kier alpha value is -2.34. The Labute approximate surface area is 120 Å². The van der Waals surface area contributed by atoms with E-state index in [0.29, 0.717) is 17.1 Å². The molecule has 1 heterocycles. The van der Waals surface area contributed by atoms with Crippen LogP contribution in [-0.2, 0) is 17.2 Å². The summed E-state index contributed by atoms with van der Waals surface area (Å²) < 4.78 is 1.36. The number of benzene rings is 1. The fraction of sp³-hybridized carbons (Fsp3) is 0.154. The fourth-order valence-electron chi connectivity index (χ4n) is 1.62. The number of hydrogen-bond acceptors (Lipinski definition) is 3. The molecule has 0 spiro atoms. The molecule has 0 aliphatic heterocycles. The van der Waals surface area contributed by atoms with Gasteiger partial charge in [0.25, 0.3) is 5.91 Å². The van der Waals surface area contributed by atoms with Crippen LogP contribution in [0.3, 0.4) is 0 Å². The average Bonchev–Trinajstić information content (AvgIpc) is 2.85. The van der Waals surface area contributed by atoms with Gasteiger partial charge in [0.1, 0.15) is 6.54 Å². The number of amides is 2. The van der Waals surface area contributed by atoms with E-state index in [4.69, 9.17) is 17.3 Å². The van der Waals surface area contributed by atoms with Gasteiger partial charge in [-0.25, -0.2) is 0 Å². The van der Waals surface area contributed by atoms with Crippen molar-refractivity contribution in [1.29, 1.82) is 0 Å². The molecule has 0 aliphatic carbocycles. The number of primary amides is 1. The smallest absolute Gasteiger partial charge is 0.255 e. The monoisotopic (exact) mass is 292 g/mol. The first kappa shape index (κ1) is 14.1. The summed E-state index contributed by atoms with van der Waals surface area (Å²) in [6.07, 6.45) is 2.99. The number of nitrogens with one attached hydrogen (secondary N) is 1. The highest BCUT2D eigenvalue weighted by Crippen LogP contribution is 2.10. The van der Waals surface area contributed by atoms with Crippen LogP contribution < -0.4 is 11.1 Å². The number of aromatic nitrogens is 2. The van der Waals surface area contributed by atoms with E-state index in [-0.39, 0.29) is 12.5 Å². The van der Waals surface area contributed by atoms with Gasteiger partial charge in [0.05, 0.1) is 11.9 Å². The molecule has 0 bridgehead atoms. The number of carbonyl (C=O) groups is 2. The van der Waals surface area contributed by atoms with E-state index in [1.807, 2.05) is 0 Å². The van der Waals surface area contributed by atoms with Gasteiger partial charge in [-0.1, -0.05) is 12.1 Å². The van der Waals surface area contributed by atoms with Crippen molar-refractivity contribution in [2.24, 2.45) is 5.73 Å². The lowest BCUT2D eigenvalue weighted by atomic mass is 10.1. The molecule has 104 valence electrons. The van der Waals surface area contributed by atoms with Gasteiger partial charge in [-0.3, -0.25) is 14.3 Å². The first-order chi connectivity index (χ1) is 9.58. The third kappa shape index (κ3) is 3.58. The highest BCUT2D eigenvalue weighted by molar-refractivity contribution is 6.17. The first-order valence-electron chi connectivity index (χ1n) is 5.85. The lowest BCUT2D eigenvalue weighted by molar-refractivity contribution is -0.118. The van der Waals surface area contributed by atoms with E-state index >= 15 is 0 Å². The van der Waals surface area contributed by atoms with Gasteiger partial charge >= 0.3 is 0 Å². The van der Waals surface area contributed by atoms with E-state index in [1.165, 1.54) is 17.1 Å². The van der Waals surface area contributed by atoms with Crippen LogP contribution in [-0.4, -0.2) is 21.6 Å². The van der Waals surface area contributed by atoms with Crippen LogP contribution in [0.2, 0.25) is 0 Å². The zero-order valence-corrected chi connectivity index (χ0v) is 11.3. The van der Waals surface area contributed by atoms with Crippen molar-refractivity contribution in [3.05, 3.63) is 47.8 Å². The normalized spacial score (nSPS) is 10.2. The van der Waals surface area contributed by atoms with Gasteiger partial charge in [-0.2, -0.15) is 5.10 Å². The molecule has 0 aliphatic rings. The number of carbonyl (C=O) groups excluding carboxylic acids is 2. The molecule has 1 aromatic heterocycles. The minimum atomic E-state index is -0.498. The van der Waals surface area contributed by atoms with Crippen molar-refractivity contribution in [2.45, 2.75) is 12.4 Å². The Morgan fingerprint density at radius 2 is 2.00 bits per heavy atom. The molecule has 0 saturated heterocycles. The van der Waals surface area contributed by atoms with Crippen molar-refractivity contribution in [1.82, 2.24) is 9.78 Å². The zero-order valence-electron chi connectivity index (χ0n) is 10.5. The second-order valence-electron chi connectivity index (χ2n) is 4.18. The number of nitrogens with zero attached hydrogens (tertiary/aromatic N) is 2. The molecule has 6 nitrogen and oxygen atoms in total. The average molecular weight is 293 g/mol. The maximum absolute atomic E-state index is 12.0. The van der Waals surface area contributed by atoms with Gasteiger partial charge in [0.2, 0.25) is 5.91 Å². The molecule has 1 aromatic carbocycles. The summed E-state index contributed by atoms with van der Waals surface area (Å²) in [5, 5.41) is 6.60. The molecular formula is C13H13ClN4O2. The second-order valence-corrected chi connectivity index (χ2v) is 4.44. The highest BCUT2D eigenvalue weighted by Gasteiger charge is 2.08. The van der Waals surface area contributed by atoms with E-state index in [1.54, 1.807) is 24.3 Å². The SMILES string of the molecule is NC(=O)Cn1cc(NC(=O)c2ccc(CCl)cc2)cn1. The fourth-order valence-corrected chi connectivity index (χ4v) is 1.80. The maximum Gasteiger partial charge on any atom is 0.255 e. The summed E-state index contributed by atoms with van der Waals surface area (Å²) in [7, 11) is 0. The minimum absolute atomic E-state index is 0.0275. The molecule has 2 amide bonds. The second kappa shape index (κ2) is 6.21. The molecule has 7 heteroatoms. The van der Waals surface area contributed by atoms with Crippen LogP contribution in [0.25, 0.3) is 0 Å². The van der Waals surface area contributed by atoms with Crippen LogP contribution in [0.4, 0.5) is 5.69 Å². The van der Waals surface area contributed by atoms with Gasteiger partial charge in [-0.05, 0) is 17.7 Å². The molecule has 0 radical (unpaired) electrons. The Bertz CT molecular complexity index is 622. The molecule has 20 heavy (non-hydrogen) atoms. The van der Waals surface area contributed by atoms with Gasteiger partial charge in [-0.15, -0.1) is 11.6 Å². The lowest BCUT2D eigenvalue weighted by Crippen LogP contribution is -2.18. The third-order valence-electron chi connectivity index (χ3n) is 2.58. The van der Waals surface area contributed by atoms with Gasteiger partial charge < -0.3 is 11.1 Å². The van der Waals surface area contributed by atoms with E-state index in [2.05, 4.69) is 10.4 Å². The molecule has 0 saturated carbocycles. The Morgan fingerprint density at radius 1 is 1.30 bits per heavy atom. The van der Waals surface area contributed by atoms with E-state index < -0.39 is 5.91 Å². The van der Waals surface area contributed by atoms with Crippen LogP contribution in [0.5, 0.6) is 0 Å². The Balaban J connectivity index is 2.03. The summed E-state index contributed by atoms with van der Waals surface area (Å²) in [6, 6.07) is 6.97. The molecule has 0 fully saturated rings. The number of alkyl halides is 1.